The average molecular weight is 268 g/mol. The molecular weight excluding hydrogens is 252 g/mol. The molecule has 6 nitrogen and oxygen atoms in total. The van der Waals surface area contributed by atoms with Crippen molar-refractivity contribution in [1.82, 2.24) is 14.3 Å². The summed E-state index contributed by atoms with van der Waals surface area (Å²) in [6, 6.07) is 1.88. The summed E-state index contributed by atoms with van der Waals surface area (Å²) in [4.78, 5) is 6.64. The van der Waals surface area contributed by atoms with Gasteiger partial charge in [-0.05, 0) is 19.8 Å². The summed E-state index contributed by atoms with van der Waals surface area (Å²) in [6.07, 6.45) is 5.00. The third-order valence-corrected chi connectivity index (χ3v) is 5.03. The summed E-state index contributed by atoms with van der Waals surface area (Å²) in [5.41, 5.74) is 0. The molecule has 1 heterocycles. The van der Waals surface area contributed by atoms with Gasteiger partial charge in [0.2, 0.25) is 0 Å². The highest BCUT2D eigenvalue weighted by Crippen LogP contribution is 2.27. The highest BCUT2D eigenvalue weighted by molar-refractivity contribution is 7.89. The summed E-state index contributed by atoms with van der Waals surface area (Å²) in [7, 11) is -3.63. The number of aromatic nitrogens is 2. The van der Waals surface area contributed by atoms with Gasteiger partial charge in [-0.1, -0.05) is 12.8 Å². The van der Waals surface area contributed by atoms with Crippen LogP contribution < -0.4 is 0 Å². The lowest BCUT2D eigenvalue weighted by Gasteiger charge is -2.24. The van der Waals surface area contributed by atoms with E-state index in [9.17, 15) is 8.42 Å². The second kappa shape index (κ2) is 5.08. The molecule has 1 fully saturated rings. The Morgan fingerprint density at radius 1 is 1.56 bits per heavy atom. The van der Waals surface area contributed by atoms with E-state index in [4.69, 9.17) is 5.26 Å². The number of rotatable bonds is 4. The Morgan fingerprint density at radius 3 is 2.72 bits per heavy atom. The molecule has 1 aromatic rings. The van der Waals surface area contributed by atoms with Gasteiger partial charge in [-0.2, -0.15) is 9.57 Å². The highest BCUT2D eigenvalue weighted by Gasteiger charge is 2.34. The van der Waals surface area contributed by atoms with Crippen LogP contribution in [0.3, 0.4) is 0 Å². The maximum atomic E-state index is 12.4. The first-order valence-electron chi connectivity index (χ1n) is 5.96. The summed E-state index contributed by atoms with van der Waals surface area (Å²) >= 11 is 0. The lowest BCUT2D eigenvalue weighted by atomic mass is 10.2. The molecule has 2 rings (SSSR count). The number of nitrogens with one attached hydrogen (secondary N) is 1. The van der Waals surface area contributed by atoms with E-state index >= 15 is 0 Å². The first-order chi connectivity index (χ1) is 8.55. The Hall–Kier alpha value is -1.39. The van der Waals surface area contributed by atoms with Crippen molar-refractivity contribution < 1.29 is 8.42 Å². The van der Waals surface area contributed by atoms with Crippen molar-refractivity contribution in [2.75, 3.05) is 6.54 Å². The number of hydrogen-bond donors (Lipinski definition) is 1. The van der Waals surface area contributed by atoms with Crippen molar-refractivity contribution in [2.45, 2.75) is 43.7 Å². The van der Waals surface area contributed by atoms with Crippen molar-refractivity contribution in [2.24, 2.45) is 0 Å². The van der Waals surface area contributed by atoms with Gasteiger partial charge in [0.25, 0.3) is 10.0 Å². The van der Waals surface area contributed by atoms with E-state index in [0.29, 0.717) is 5.82 Å². The molecule has 1 N–H and O–H groups in total. The maximum absolute atomic E-state index is 12.4. The minimum Gasteiger partial charge on any atom is -0.332 e. The zero-order valence-electron chi connectivity index (χ0n) is 10.3. The maximum Gasteiger partial charge on any atom is 0.261 e. The summed E-state index contributed by atoms with van der Waals surface area (Å²) in [5.74, 6) is 0.553. The monoisotopic (exact) mass is 268 g/mol. The van der Waals surface area contributed by atoms with Crippen LogP contribution in [0.2, 0.25) is 0 Å². The molecule has 1 aliphatic carbocycles. The van der Waals surface area contributed by atoms with Gasteiger partial charge in [0.15, 0.2) is 5.03 Å². The van der Waals surface area contributed by atoms with Crippen LogP contribution in [0.1, 0.15) is 31.5 Å². The number of nitrogens with zero attached hydrogens (tertiary/aromatic N) is 3. The topological polar surface area (TPSA) is 89.8 Å². The number of nitriles is 1. The van der Waals surface area contributed by atoms with Gasteiger partial charge >= 0.3 is 0 Å². The fourth-order valence-corrected chi connectivity index (χ4v) is 3.87. The molecule has 0 bridgehead atoms. The van der Waals surface area contributed by atoms with E-state index in [1.807, 2.05) is 6.07 Å². The summed E-state index contributed by atoms with van der Waals surface area (Å²) < 4.78 is 26.2. The van der Waals surface area contributed by atoms with Crippen LogP contribution in [0.25, 0.3) is 0 Å². The SMILES string of the molecule is Cc1ncc(S(=O)(=O)N(CC#N)C2CCCC2)[nH]1. The molecule has 1 saturated carbocycles. The second-order valence-corrected chi connectivity index (χ2v) is 6.34. The van der Waals surface area contributed by atoms with Crippen molar-refractivity contribution in [3.63, 3.8) is 0 Å². The van der Waals surface area contributed by atoms with Crippen LogP contribution in [0, 0.1) is 18.3 Å². The van der Waals surface area contributed by atoms with Crippen LogP contribution in [-0.2, 0) is 10.0 Å². The molecule has 1 aromatic heterocycles. The number of aromatic amines is 1. The Balaban J connectivity index is 2.32. The fraction of sp³-hybridized carbons (Fsp3) is 0.636. The second-order valence-electron chi connectivity index (χ2n) is 4.48. The van der Waals surface area contributed by atoms with Gasteiger partial charge in [0.1, 0.15) is 12.4 Å². The van der Waals surface area contributed by atoms with E-state index in [0.717, 1.165) is 25.7 Å². The number of imidazole rings is 1. The molecule has 0 atom stereocenters. The van der Waals surface area contributed by atoms with Crippen molar-refractivity contribution in [3.05, 3.63) is 12.0 Å². The lowest BCUT2D eigenvalue weighted by Crippen LogP contribution is -2.39. The van der Waals surface area contributed by atoms with E-state index in [-0.39, 0.29) is 17.6 Å². The molecule has 0 saturated heterocycles. The van der Waals surface area contributed by atoms with E-state index in [2.05, 4.69) is 9.97 Å². The molecule has 7 heteroatoms. The molecule has 0 aromatic carbocycles. The van der Waals surface area contributed by atoms with E-state index in [1.54, 1.807) is 6.92 Å². The Kier molecular flexibility index (Phi) is 3.68. The number of H-pyrrole nitrogens is 1. The van der Waals surface area contributed by atoms with E-state index in [1.165, 1.54) is 10.5 Å². The predicted molar refractivity (Wildman–Crippen MR) is 65.1 cm³/mol. The average Bonchev–Trinajstić information content (AvgIpc) is 2.96. The third kappa shape index (κ3) is 2.40. The molecule has 0 radical (unpaired) electrons. The summed E-state index contributed by atoms with van der Waals surface area (Å²) in [6.45, 7) is 1.59. The Morgan fingerprint density at radius 2 is 2.22 bits per heavy atom. The van der Waals surface area contributed by atoms with Gasteiger partial charge in [-0.25, -0.2) is 13.4 Å². The largest absolute Gasteiger partial charge is 0.332 e. The van der Waals surface area contributed by atoms with Gasteiger partial charge in [-0.15, -0.1) is 0 Å². The number of hydrogen-bond acceptors (Lipinski definition) is 4. The molecule has 0 unspecified atom stereocenters. The first-order valence-corrected chi connectivity index (χ1v) is 7.40. The fourth-order valence-electron chi connectivity index (χ4n) is 2.33. The van der Waals surface area contributed by atoms with Gasteiger partial charge in [0.05, 0.1) is 12.3 Å². The molecule has 0 aliphatic heterocycles. The van der Waals surface area contributed by atoms with Crippen molar-refractivity contribution in [3.8, 4) is 6.07 Å². The zero-order valence-corrected chi connectivity index (χ0v) is 11.1. The van der Waals surface area contributed by atoms with Gasteiger partial charge < -0.3 is 4.98 Å². The highest BCUT2D eigenvalue weighted by atomic mass is 32.2. The molecule has 0 amide bonds. The standard InChI is InChI=1S/C11H16N4O2S/c1-9-13-8-11(14-9)18(16,17)15(7-6-12)10-4-2-3-5-10/h8,10H,2-5,7H2,1H3,(H,13,14). The van der Waals surface area contributed by atoms with E-state index < -0.39 is 10.0 Å². The Labute approximate surface area is 107 Å². The quantitative estimate of drug-likeness (QED) is 0.830. The first kappa shape index (κ1) is 13.1. The molecule has 0 spiro atoms. The number of sulfonamides is 1. The van der Waals surface area contributed by atoms with Crippen molar-refractivity contribution >= 4 is 10.0 Å². The van der Waals surface area contributed by atoms with Crippen LogP contribution in [-0.4, -0.2) is 35.3 Å². The summed E-state index contributed by atoms with van der Waals surface area (Å²) in [5, 5.41) is 8.90. The predicted octanol–water partition coefficient (Wildman–Crippen LogP) is 1.17. The van der Waals surface area contributed by atoms with Gasteiger partial charge in [-0.3, -0.25) is 0 Å². The lowest BCUT2D eigenvalue weighted by molar-refractivity contribution is 0.349. The van der Waals surface area contributed by atoms with Crippen LogP contribution in [0.5, 0.6) is 0 Å². The van der Waals surface area contributed by atoms with Crippen LogP contribution in [0.15, 0.2) is 11.2 Å². The van der Waals surface area contributed by atoms with Crippen LogP contribution in [0.4, 0.5) is 0 Å². The third-order valence-electron chi connectivity index (χ3n) is 3.22. The molecule has 18 heavy (non-hydrogen) atoms. The normalized spacial score (nSPS) is 17.2. The minimum absolute atomic E-state index is 0.0572. The van der Waals surface area contributed by atoms with Crippen molar-refractivity contribution in [1.29, 1.82) is 5.26 Å². The number of aryl methyl sites for hydroxylation is 1. The smallest absolute Gasteiger partial charge is 0.261 e. The molecular formula is C11H16N4O2S. The minimum atomic E-state index is -3.63. The molecule has 98 valence electrons. The van der Waals surface area contributed by atoms with Gasteiger partial charge in [0, 0.05) is 6.04 Å². The molecule has 1 aliphatic rings. The van der Waals surface area contributed by atoms with Crippen LogP contribution >= 0.6 is 0 Å². The Bertz CT molecular complexity index is 552. The zero-order chi connectivity index (χ0) is 13.2.